The number of aliphatic hydroxyl groups excluding tert-OH is 1. The first-order valence-electron chi connectivity index (χ1n) is 6.24. The van der Waals surface area contributed by atoms with Crippen LogP contribution in [0.4, 0.5) is 0 Å². The molecule has 18 heavy (non-hydrogen) atoms. The maximum atomic E-state index is 10.2. The van der Waals surface area contributed by atoms with Gasteiger partial charge in [-0.25, -0.2) is 4.68 Å². The molecule has 4 heteroatoms. The lowest BCUT2D eigenvalue weighted by atomic mass is 10.1. The molecule has 4 nitrogen and oxygen atoms in total. The van der Waals surface area contributed by atoms with Crippen LogP contribution in [-0.4, -0.2) is 27.6 Å². The Morgan fingerprint density at radius 1 is 1.33 bits per heavy atom. The third kappa shape index (κ3) is 2.17. The monoisotopic (exact) mass is 244 g/mol. The highest BCUT2D eigenvalue weighted by molar-refractivity contribution is 5.31. The van der Waals surface area contributed by atoms with E-state index < -0.39 is 6.10 Å². The zero-order chi connectivity index (χ0) is 12.4. The molecule has 1 aromatic heterocycles. The Bertz CT molecular complexity index is 504. The molecule has 2 atom stereocenters. The van der Waals surface area contributed by atoms with Gasteiger partial charge in [-0.1, -0.05) is 18.2 Å². The van der Waals surface area contributed by atoms with E-state index in [4.69, 9.17) is 4.74 Å². The molecule has 0 radical (unpaired) electrons. The van der Waals surface area contributed by atoms with Crippen LogP contribution in [0.3, 0.4) is 0 Å². The summed E-state index contributed by atoms with van der Waals surface area (Å²) in [4.78, 5) is 0. The van der Waals surface area contributed by atoms with Crippen LogP contribution in [0, 0.1) is 0 Å². The van der Waals surface area contributed by atoms with E-state index in [1.54, 1.807) is 10.9 Å². The van der Waals surface area contributed by atoms with E-state index >= 15 is 0 Å². The van der Waals surface area contributed by atoms with Crippen molar-refractivity contribution in [2.75, 3.05) is 6.61 Å². The van der Waals surface area contributed by atoms with Crippen LogP contribution in [0.1, 0.15) is 24.5 Å². The molecule has 94 valence electrons. The normalized spacial score (nSPS) is 21.1. The number of rotatable bonds is 3. The summed E-state index contributed by atoms with van der Waals surface area (Å²) in [5, 5.41) is 14.5. The maximum Gasteiger partial charge on any atom is 0.108 e. The van der Waals surface area contributed by atoms with Gasteiger partial charge in [0, 0.05) is 18.4 Å². The van der Waals surface area contributed by atoms with Crippen molar-refractivity contribution in [3.8, 4) is 5.69 Å². The quantitative estimate of drug-likeness (QED) is 0.899. The number of aromatic nitrogens is 2. The number of benzene rings is 1. The molecule has 2 unspecified atom stereocenters. The van der Waals surface area contributed by atoms with E-state index in [1.165, 1.54) is 0 Å². The zero-order valence-corrected chi connectivity index (χ0v) is 10.1. The highest BCUT2D eigenvalue weighted by Crippen LogP contribution is 2.26. The first kappa shape index (κ1) is 11.4. The second-order valence-electron chi connectivity index (χ2n) is 4.55. The van der Waals surface area contributed by atoms with Gasteiger partial charge in [0.25, 0.3) is 0 Å². The summed E-state index contributed by atoms with van der Waals surface area (Å²) in [6.07, 6.45) is 4.84. The van der Waals surface area contributed by atoms with Gasteiger partial charge < -0.3 is 9.84 Å². The summed E-state index contributed by atoms with van der Waals surface area (Å²) in [6.45, 7) is 0.745. The minimum Gasteiger partial charge on any atom is -0.386 e. The van der Waals surface area contributed by atoms with Crippen LogP contribution in [0.25, 0.3) is 5.69 Å². The van der Waals surface area contributed by atoms with Crippen LogP contribution in [-0.2, 0) is 4.74 Å². The van der Waals surface area contributed by atoms with Crippen LogP contribution in [0.5, 0.6) is 0 Å². The van der Waals surface area contributed by atoms with Crippen molar-refractivity contribution in [1.29, 1.82) is 0 Å². The molecule has 3 rings (SSSR count). The largest absolute Gasteiger partial charge is 0.386 e. The first-order valence-corrected chi connectivity index (χ1v) is 6.24. The molecule has 1 N–H and O–H groups in total. The van der Waals surface area contributed by atoms with Crippen molar-refractivity contribution in [2.24, 2.45) is 0 Å². The van der Waals surface area contributed by atoms with Gasteiger partial charge in [-0.15, -0.1) is 0 Å². The molecular formula is C14H16N2O2. The van der Waals surface area contributed by atoms with Crippen molar-refractivity contribution in [3.63, 3.8) is 0 Å². The molecule has 0 aliphatic carbocycles. The lowest BCUT2D eigenvalue weighted by Crippen LogP contribution is -2.16. The standard InChI is InChI=1S/C14H16N2O2/c17-14(13-7-4-8-18-13)11-9-15-16(10-11)12-5-2-1-3-6-12/h1-3,5-6,9-10,13-14,17H,4,7-8H2. The van der Waals surface area contributed by atoms with Crippen molar-refractivity contribution in [1.82, 2.24) is 9.78 Å². The fourth-order valence-electron chi connectivity index (χ4n) is 2.28. The predicted octanol–water partition coefficient (Wildman–Crippen LogP) is 2.08. The summed E-state index contributed by atoms with van der Waals surface area (Å²) in [6, 6.07) is 9.86. The Morgan fingerprint density at radius 3 is 2.89 bits per heavy atom. The van der Waals surface area contributed by atoms with E-state index in [-0.39, 0.29) is 6.10 Å². The SMILES string of the molecule is OC(c1cnn(-c2ccccc2)c1)C1CCCO1. The lowest BCUT2D eigenvalue weighted by molar-refractivity contribution is -0.00260. The average Bonchev–Trinajstić information content (AvgIpc) is 3.10. The van der Waals surface area contributed by atoms with Crippen molar-refractivity contribution < 1.29 is 9.84 Å². The lowest BCUT2D eigenvalue weighted by Gasteiger charge is -2.15. The summed E-state index contributed by atoms with van der Waals surface area (Å²) in [5.41, 5.74) is 1.80. The predicted molar refractivity (Wildman–Crippen MR) is 67.5 cm³/mol. The molecular weight excluding hydrogens is 228 g/mol. The first-order chi connectivity index (χ1) is 8.84. The Kier molecular flexibility index (Phi) is 3.13. The Labute approximate surface area is 106 Å². The minimum absolute atomic E-state index is 0.0848. The second kappa shape index (κ2) is 4.92. The zero-order valence-electron chi connectivity index (χ0n) is 10.1. The van der Waals surface area contributed by atoms with Gasteiger partial charge in [-0.05, 0) is 25.0 Å². The molecule has 1 saturated heterocycles. The van der Waals surface area contributed by atoms with Crippen LogP contribution >= 0.6 is 0 Å². The van der Waals surface area contributed by atoms with E-state index in [2.05, 4.69) is 5.10 Å². The highest BCUT2D eigenvalue weighted by Gasteiger charge is 2.26. The number of hydrogen-bond acceptors (Lipinski definition) is 3. The molecule has 1 aliphatic rings. The maximum absolute atomic E-state index is 10.2. The Balaban J connectivity index is 1.81. The van der Waals surface area contributed by atoms with Gasteiger partial charge in [0.1, 0.15) is 6.10 Å². The molecule has 2 heterocycles. The molecule has 0 saturated carbocycles. The molecule has 0 spiro atoms. The van der Waals surface area contributed by atoms with Crippen LogP contribution in [0.2, 0.25) is 0 Å². The Hall–Kier alpha value is -1.65. The van der Waals surface area contributed by atoms with Gasteiger partial charge in [-0.2, -0.15) is 5.10 Å². The van der Waals surface area contributed by atoms with Gasteiger partial charge in [0.2, 0.25) is 0 Å². The number of hydrogen-bond donors (Lipinski definition) is 1. The van der Waals surface area contributed by atoms with Gasteiger partial charge in [0.05, 0.1) is 18.0 Å². The smallest absolute Gasteiger partial charge is 0.108 e. The minimum atomic E-state index is -0.579. The summed E-state index contributed by atoms with van der Waals surface area (Å²) in [7, 11) is 0. The topological polar surface area (TPSA) is 47.3 Å². The third-order valence-electron chi connectivity index (χ3n) is 3.28. The fraction of sp³-hybridized carbons (Fsp3) is 0.357. The molecule has 0 amide bonds. The van der Waals surface area contributed by atoms with E-state index in [0.29, 0.717) is 0 Å². The molecule has 1 aromatic carbocycles. The van der Waals surface area contributed by atoms with Crippen LogP contribution in [0.15, 0.2) is 42.7 Å². The summed E-state index contributed by atoms with van der Waals surface area (Å²) >= 11 is 0. The second-order valence-corrected chi connectivity index (χ2v) is 4.55. The molecule has 1 aliphatic heterocycles. The number of nitrogens with zero attached hydrogens (tertiary/aromatic N) is 2. The van der Waals surface area contributed by atoms with Crippen molar-refractivity contribution in [3.05, 3.63) is 48.3 Å². The van der Waals surface area contributed by atoms with Gasteiger partial charge >= 0.3 is 0 Å². The molecule has 0 bridgehead atoms. The third-order valence-corrected chi connectivity index (χ3v) is 3.28. The average molecular weight is 244 g/mol. The molecule has 1 fully saturated rings. The number of ether oxygens (including phenoxy) is 1. The Morgan fingerprint density at radius 2 is 2.17 bits per heavy atom. The molecule has 2 aromatic rings. The van der Waals surface area contributed by atoms with Gasteiger partial charge in [-0.3, -0.25) is 0 Å². The van der Waals surface area contributed by atoms with E-state index in [0.717, 1.165) is 30.7 Å². The van der Waals surface area contributed by atoms with Gasteiger partial charge in [0.15, 0.2) is 0 Å². The highest BCUT2D eigenvalue weighted by atomic mass is 16.5. The van der Waals surface area contributed by atoms with Crippen molar-refractivity contribution >= 4 is 0 Å². The fourth-order valence-corrected chi connectivity index (χ4v) is 2.28. The van der Waals surface area contributed by atoms with Crippen molar-refractivity contribution in [2.45, 2.75) is 25.0 Å². The van der Waals surface area contributed by atoms with Crippen LogP contribution < -0.4 is 0 Å². The summed E-state index contributed by atoms with van der Waals surface area (Å²) in [5.74, 6) is 0. The van der Waals surface area contributed by atoms with E-state index in [9.17, 15) is 5.11 Å². The number of para-hydroxylation sites is 1. The van der Waals surface area contributed by atoms with E-state index in [1.807, 2.05) is 36.5 Å². The summed E-state index contributed by atoms with van der Waals surface area (Å²) < 4.78 is 7.27. The number of aliphatic hydroxyl groups is 1.